The minimum atomic E-state index is -2.67. The van der Waals surface area contributed by atoms with E-state index in [0.717, 1.165) is 4.31 Å². The van der Waals surface area contributed by atoms with Crippen LogP contribution in [0.4, 0.5) is 20.2 Å². The number of aromatic nitrogens is 2. The van der Waals surface area contributed by atoms with Gasteiger partial charge in [-0.1, -0.05) is 6.07 Å². The lowest BCUT2D eigenvalue weighted by Crippen LogP contribution is -2.25. The Morgan fingerprint density at radius 3 is 2.53 bits per heavy atom. The summed E-state index contributed by atoms with van der Waals surface area (Å²) in [5.41, 5.74) is 9.82. The predicted octanol–water partition coefficient (Wildman–Crippen LogP) is 6.15. The molecule has 1 amide bonds. The van der Waals surface area contributed by atoms with Crippen LogP contribution in [0.25, 0.3) is 55.8 Å². The number of carbonyl (C=O) groups is 1. The molecule has 4 N–H and O–H groups in total. The zero-order valence-electron chi connectivity index (χ0n) is 22.9. The predicted molar refractivity (Wildman–Crippen MR) is 162 cm³/mol. The number of nitrogens with two attached hydrogens (primary N) is 1. The summed E-state index contributed by atoms with van der Waals surface area (Å²) in [4.78, 5) is 21.1. The van der Waals surface area contributed by atoms with Gasteiger partial charge in [-0.05, 0) is 67.6 Å². The smallest absolute Gasteiger partial charge is 0.255 e. The highest BCUT2D eigenvalue weighted by Crippen LogP contribution is 2.42. The maximum absolute atomic E-state index is 14.4. The molecular weight excluding hydrogens is 576 g/mol. The fraction of sp³-hybridized carbons (Fsp3) is 0.0968. The van der Waals surface area contributed by atoms with E-state index in [2.05, 4.69) is 10.3 Å². The lowest BCUT2D eigenvalue weighted by molar-refractivity contribution is 0.0964. The molecule has 218 valence electrons. The van der Waals surface area contributed by atoms with E-state index in [0.29, 0.717) is 50.2 Å². The van der Waals surface area contributed by atoms with Gasteiger partial charge in [0.1, 0.15) is 28.7 Å². The molecule has 0 bridgehead atoms. The third-order valence-electron chi connectivity index (χ3n) is 7.17. The minimum Gasteiger partial charge on any atom is -0.755 e. The third-order valence-corrected chi connectivity index (χ3v) is 7.99. The summed E-state index contributed by atoms with van der Waals surface area (Å²) in [7, 11) is 1.47. The standard InChI is InChI=1S/C31H25F2N5O4S/c1-3-38(43(40)41)26-15-27-20(28(31(39)35-2)30(42-27)16-7-9-17(32)10-8-16)13-19(26)24-12-11-22(34)29(37-24)25-14-18-21(33)5-4-6-23(18)36-25/h4-15,36H,3,34H2,1-2H3,(H,35,39)(H,40,41)/p-1. The van der Waals surface area contributed by atoms with Crippen LogP contribution in [0.15, 0.2) is 77.2 Å². The highest BCUT2D eigenvalue weighted by molar-refractivity contribution is 7.80. The lowest BCUT2D eigenvalue weighted by Gasteiger charge is -2.27. The van der Waals surface area contributed by atoms with Gasteiger partial charge in [0, 0.05) is 58.3 Å². The largest absolute Gasteiger partial charge is 0.755 e. The van der Waals surface area contributed by atoms with Crippen molar-refractivity contribution in [3.05, 3.63) is 90.0 Å². The maximum Gasteiger partial charge on any atom is 0.255 e. The van der Waals surface area contributed by atoms with Crippen molar-refractivity contribution < 1.29 is 26.8 Å². The molecule has 0 aliphatic rings. The molecule has 9 nitrogen and oxygen atoms in total. The van der Waals surface area contributed by atoms with Crippen molar-refractivity contribution >= 4 is 50.4 Å². The molecule has 0 aliphatic carbocycles. The highest BCUT2D eigenvalue weighted by Gasteiger charge is 2.25. The Kier molecular flexibility index (Phi) is 7.16. The number of carbonyl (C=O) groups excluding carboxylic acids is 1. The van der Waals surface area contributed by atoms with Crippen LogP contribution in [0.3, 0.4) is 0 Å². The van der Waals surface area contributed by atoms with Crippen molar-refractivity contribution in [3.8, 4) is 34.0 Å². The van der Waals surface area contributed by atoms with E-state index in [4.69, 9.17) is 15.1 Å². The quantitative estimate of drug-likeness (QED) is 0.188. The first-order valence-corrected chi connectivity index (χ1v) is 14.2. The molecule has 0 spiro atoms. The topological polar surface area (TPSA) is 140 Å². The van der Waals surface area contributed by atoms with E-state index < -0.39 is 28.8 Å². The van der Waals surface area contributed by atoms with Gasteiger partial charge in [0.15, 0.2) is 0 Å². The molecule has 0 radical (unpaired) electrons. The fourth-order valence-corrected chi connectivity index (χ4v) is 5.66. The fourth-order valence-electron chi connectivity index (χ4n) is 5.14. The third kappa shape index (κ3) is 4.90. The van der Waals surface area contributed by atoms with Gasteiger partial charge in [-0.15, -0.1) is 0 Å². The van der Waals surface area contributed by atoms with Gasteiger partial charge in [0.2, 0.25) is 0 Å². The van der Waals surface area contributed by atoms with Gasteiger partial charge < -0.3 is 29.3 Å². The molecule has 6 aromatic rings. The molecule has 43 heavy (non-hydrogen) atoms. The van der Waals surface area contributed by atoms with Crippen molar-refractivity contribution in [2.75, 3.05) is 23.6 Å². The molecular formula is C31H24F2N5O4S-. The van der Waals surface area contributed by atoms with Crippen LogP contribution in [0.2, 0.25) is 0 Å². The Morgan fingerprint density at radius 1 is 1.09 bits per heavy atom. The van der Waals surface area contributed by atoms with Crippen LogP contribution >= 0.6 is 0 Å². The Balaban J connectivity index is 1.62. The zero-order chi connectivity index (χ0) is 30.4. The summed E-state index contributed by atoms with van der Waals surface area (Å²) in [6.45, 7) is 1.76. The summed E-state index contributed by atoms with van der Waals surface area (Å²) >= 11 is -2.67. The average Bonchev–Trinajstić information content (AvgIpc) is 3.60. The molecule has 3 aromatic heterocycles. The number of nitrogen functional groups attached to an aromatic ring is 1. The number of aromatic amines is 1. The van der Waals surface area contributed by atoms with Gasteiger partial charge in [-0.25, -0.2) is 13.8 Å². The number of fused-ring (bicyclic) bond motifs is 2. The van der Waals surface area contributed by atoms with E-state index in [9.17, 15) is 22.3 Å². The molecule has 3 aromatic carbocycles. The number of H-pyrrole nitrogens is 1. The van der Waals surface area contributed by atoms with Crippen molar-refractivity contribution in [1.29, 1.82) is 0 Å². The van der Waals surface area contributed by atoms with Gasteiger partial charge in [0.05, 0.1) is 28.3 Å². The molecule has 0 saturated carbocycles. The van der Waals surface area contributed by atoms with E-state index in [1.165, 1.54) is 43.4 Å². The summed E-state index contributed by atoms with van der Waals surface area (Å²) in [6, 6.07) is 18.2. The van der Waals surface area contributed by atoms with Crippen LogP contribution in [0, 0.1) is 11.6 Å². The number of halogens is 2. The molecule has 0 fully saturated rings. The monoisotopic (exact) mass is 600 g/mol. The molecule has 12 heteroatoms. The Morgan fingerprint density at radius 2 is 1.86 bits per heavy atom. The zero-order valence-corrected chi connectivity index (χ0v) is 23.7. The molecule has 6 rings (SSSR count). The van der Waals surface area contributed by atoms with Crippen LogP contribution < -0.4 is 15.4 Å². The minimum absolute atomic E-state index is 0.0889. The van der Waals surface area contributed by atoms with E-state index in [-0.39, 0.29) is 29.1 Å². The van der Waals surface area contributed by atoms with Crippen molar-refractivity contribution in [1.82, 2.24) is 15.3 Å². The summed E-state index contributed by atoms with van der Waals surface area (Å²) < 4.78 is 60.0. The highest BCUT2D eigenvalue weighted by atomic mass is 32.2. The summed E-state index contributed by atoms with van der Waals surface area (Å²) in [6.07, 6.45) is 0. The number of hydrogen-bond acceptors (Lipinski definition) is 6. The number of benzene rings is 3. The second-order valence-electron chi connectivity index (χ2n) is 9.69. The SMILES string of the molecule is CCN(c1cc2oc(-c3ccc(F)cc3)c(C(=O)NC)c2cc1-c1ccc(N)c(-c2cc3c(F)cccc3[nH]2)n1)S(=O)[O-]. The molecule has 1 unspecified atom stereocenters. The van der Waals surface area contributed by atoms with Gasteiger partial charge in [-0.2, -0.15) is 0 Å². The van der Waals surface area contributed by atoms with Crippen molar-refractivity contribution in [2.45, 2.75) is 6.92 Å². The number of hydrogen-bond donors (Lipinski definition) is 3. The summed E-state index contributed by atoms with van der Waals surface area (Å²) in [5, 5.41) is 3.37. The van der Waals surface area contributed by atoms with Crippen LogP contribution in [-0.2, 0) is 11.3 Å². The number of pyridine rings is 1. The molecule has 3 heterocycles. The van der Waals surface area contributed by atoms with Gasteiger partial charge >= 0.3 is 0 Å². The number of anilines is 2. The second kappa shape index (κ2) is 11.0. The number of nitrogens with one attached hydrogen (secondary N) is 2. The van der Waals surface area contributed by atoms with Crippen molar-refractivity contribution in [3.63, 3.8) is 0 Å². The van der Waals surface area contributed by atoms with Gasteiger partial charge in [-0.3, -0.25) is 9.00 Å². The number of amides is 1. The Labute approximate surface area is 246 Å². The van der Waals surface area contributed by atoms with E-state index in [1.54, 1.807) is 43.3 Å². The van der Waals surface area contributed by atoms with E-state index in [1.807, 2.05) is 0 Å². The number of rotatable bonds is 7. The first-order valence-electron chi connectivity index (χ1n) is 13.2. The Hall–Kier alpha value is -5.07. The number of nitrogens with zero attached hydrogens (tertiary/aromatic N) is 2. The van der Waals surface area contributed by atoms with Crippen molar-refractivity contribution in [2.24, 2.45) is 0 Å². The molecule has 0 aliphatic heterocycles. The van der Waals surface area contributed by atoms with E-state index >= 15 is 0 Å². The number of furan rings is 1. The van der Waals surface area contributed by atoms with Crippen LogP contribution in [-0.4, -0.2) is 38.2 Å². The average molecular weight is 601 g/mol. The van der Waals surface area contributed by atoms with Crippen LogP contribution in [0.5, 0.6) is 0 Å². The van der Waals surface area contributed by atoms with Gasteiger partial charge in [0.25, 0.3) is 5.91 Å². The maximum atomic E-state index is 14.4. The molecule has 1 atom stereocenters. The lowest BCUT2D eigenvalue weighted by atomic mass is 10.00. The summed E-state index contributed by atoms with van der Waals surface area (Å²) in [5.74, 6) is -1.12. The Bertz CT molecular complexity index is 2060. The van der Waals surface area contributed by atoms with Crippen LogP contribution in [0.1, 0.15) is 17.3 Å². The normalized spacial score (nSPS) is 12.1. The second-order valence-corrected chi connectivity index (χ2v) is 10.6. The first-order chi connectivity index (χ1) is 20.7. The first kappa shape index (κ1) is 28.1. The molecule has 0 saturated heterocycles.